The van der Waals surface area contributed by atoms with Crippen LogP contribution in [0.1, 0.15) is 18.2 Å². The van der Waals surface area contributed by atoms with Crippen molar-refractivity contribution in [3.05, 3.63) is 40.1 Å². The number of hydrogen-bond acceptors (Lipinski definition) is 3. The minimum absolute atomic E-state index is 0.335. The minimum atomic E-state index is -0.335. The Morgan fingerprint density at radius 3 is 2.94 bits per heavy atom. The standard InChI is InChI=1S/C13H14ClFN2S/c1-2-3-16-7-12-8-17-13(18-12)9-4-10(14)6-11(15)5-9/h4-6,8,16H,2-3,7H2,1H3. The van der Waals surface area contributed by atoms with Gasteiger partial charge < -0.3 is 5.32 Å². The fourth-order valence-electron chi connectivity index (χ4n) is 1.59. The second kappa shape index (κ2) is 6.27. The molecule has 0 saturated heterocycles. The zero-order valence-corrected chi connectivity index (χ0v) is 11.6. The van der Waals surface area contributed by atoms with E-state index in [-0.39, 0.29) is 5.82 Å². The third-order valence-corrected chi connectivity index (χ3v) is 3.65. The first-order chi connectivity index (χ1) is 8.69. The van der Waals surface area contributed by atoms with E-state index in [1.165, 1.54) is 12.1 Å². The van der Waals surface area contributed by atoms with E-state index >= 15 is 0 Å². The Morgan fingerprint density at radius 2 is 2.22 bits per heavy atom. The zero-order chi connectivity index (χ0) is 13.0. The number of benzene rings is 1. The molecule has 0 unspecified atom stereocenters. The Hall–Kier alpha value is -0.970. The maximum atomic E-state index is 13.2. The molecule has 2 rings (SSSR count). The molecule has 18 heavy (non-hydrogen) atoms. The van der Waals surface area contributed by atoms with E-state index in [2.05, 4.69) is 17.2 Å². The number of thiazole rings is 1. The maximum Gasteiger partial charge on any atom is 0.125 e. The predicted octanol–water partition coefficient (Wildman–Crippen LogP) is 4.10. The van der Waals surface area contributed by atoms with Gasteiger partial charge in [0.05, 0.1) is 0 Å². The lowest BCUT2D eigenvalue weighted by atomic mass is 10.2. The summed E-state index contributed by atoms with van der Waals surface area (Å²) in [7, 11) is 0. The lowest BCUT2D eigenvalue weighted by Crippen LogP contribution is -2.12. The van der Waals surface area contributed by atoms with Crippen LogP contribution < -0.4 is 5.32 Å². The van der Waals surface area contributed by atoms with E-state index in [9.17, 15) is 4.39 Å². The van der Waals surface area contributed by atoms with Crippen molar-refractivity contribution in [3.8, 4) is 10.6 Å². The van der Waals surface area contributed by atoms with E-state index in [1.54, 1.807) is 17.4 Å². The molecule has 1 N–H and O–H groups in total. The first kappa shape index (κ1) is 13.5. The molecule has 0 aliphatic carbocycles. The van der Waals surface area contributed by atoms with Gasteiger partial charge in [-0.05, 0) is 31.2 Å². The van der Waals surface area contributed by atoms with E-state index in [4.69, 9.17) is 11.6 Å². The SMILES string of the molecule is CCCNCc1cnc(-c2cc(F)cc(Cl)c2)s1. The second-order valence-electron chi connectivity index (χ2n) is 3.97. The average Bonchev–Trinajstić information content (AvgIpc) is 2.77. The van der Waals surface area contributed by atoms with Crippen LogP contribution in [0.25, 0.3) is 10.6 Å². The van der Waals surface area contributed by atoms with Crippen LogP contribution in [0.15, 0.2) is 24.4 Å². The molecule has 0 bridgehead atoms. The molecule has 0 aliphatic heterocycles. The normalized spacial score (nSPS) is 10.8. The summed E-state index contributed by atoms with van der Waals surface area (Å²) in [6.45, 7) is 3.91. The molecule has 1 aromatic carbocycles. The lowest BCUT2D eigenvalue weighted by molar-refractivity contribution is 0.628. The third-order valence-electron chi connectivity index (χ3n) is 2.39. The summed E-state index contributed by atoms with van der Waals surface area (Å²) in [4.78, 5) is 5.44. The van der Waals surface area contributed by atoms with Crippen molar-refractivity contribution in [2.75, 3.05) is 6.54 Å². The molecule has 96 valence electrons. The van der Waals surface area contributed by atoms with E-state index < -0.39 is 0 Å². The summed E-state index contributed by atoms with van der Waals surface area (Å²) < 4.78 is 13.2. The van der Waals surface area contributed by atoms with Gasteiger partial charge >= 0.3 is 0 Å². The Kier molecular flexibility index (Phi) is 4.69. The summed E-state index contributed by atoms with van der Waals surface area (Å²) >= 11 is 7.39. The van der Waals surface area contributed by atoms with Crippen LogP contribution in [0.4, 0.5) is 4.39 Å². The summed E-state index contributed by atoms with van der Waals surface area (Å²) in [6, 6.07) is 4.48. The van der Waals surface area contributed by atoms with Crippen LogP contribution in [0.2, 0.25) is 5.02 Å². The van der Waals surface area contributed by atoms with Gasteiger partial charge in [-0.1, -0.05) is 18.5 Å². The van der Waals surface area contributed by atoms with Crippen molar-refractivity contribution in [1.82, 2.24) is 10.3 Å². The van der Waals surface area contributed by atoms with Crippen molar-refractivity contribution in [2.24, 2.45) is 0 Å². The first-order valence-corrected chi connectivity index (χ1v) is 7.00. The molecule has 0 saturated carbocycles. The molecular formula is C13H14ClFN2S. The molecule has 0 aliphatic rings. The Labute approximate surface area is 115 Å². The largest absolute Gasteiger partial charge is 0.312 e. The second-order valence-corrected chi connectivity index (χ2v) is 5.52. The molecule has 0 radical (unpaired) electrons. The van der Waals surface area contributed by atoms with Gasteiger partial charge in [0.15, 0.2) is 0 Å². The van der Waals surface area contributed by atoms with Gasteiger partial charge in [0.1, 0.15) is 10.8 Å². The number of hydrogen-bond donors (Lipinski definition) is 1. The van der Waals surface area contributed by atoms with E-state index in [1.807, 2.05) is 6.20 Å². The molecule has 0 spiro atoms. The van der Waals surface area contributed by atoms with Crippen LogP contribution >= 0.6 is 22.9 Å². The van der Waals surface area contributed by atoms with Gasteiger partial charge in [-0.3, -0.25) is 0 Å². The van der Waals surface area contributed by atoms with Gasteiger partial charge in [-0.2, -0.15) is 0 Å². The highest BCUT2D eigenvalue weighted by atomic mass is 35.5. The average molecular weight is 285 g/mol. The molecule has 2 aromatic rings. The van der Waals surface area contributed by atoms with Crippen molar-refractivity contribution in [3.63, 3.8) is 0 Å². The monoisotopic (exact) mass is 284 g/mol. The number of aromatic nitrogens is 1. The summed E-state index contributed by atoms with van der Waals surface area (Å²) in [6.07, 6.45) is 2.92. The predicted molar refractivity (Wildman–Crippen MR) is 74.5 cm³/mol. The zero-order valence-electron chi connectivity index (χ0n) is 10.0. The summed E-state index contributed by atoms with van der Waals surface area (Å²) in [5, 5.41) is 4.50. The molecule has 0 atom stereocenters. The van der Waals surface area contributed by atoms with Crippen LogP contribution in [-0.2, 0) is 6.54 Å². The Morgan fingerprint density at radius 1 is 1.39 bits per heavy atom. The van der Waals surface area contributed by atoms with E-state index in [0.29, 0.717) is 5.02 Å². The molecule has 1 aromatic heterocycles. The minimum Gasteiger partial charge on any atom is -0.312 e. The van der Waals surface area contributed by atoms with Gasteiger partial charge in [0, 0.05) is 28.2 Å². The molecule has 1 heterocycles. The Bertz CT molecular complexity index is 507. The van der Waals surface area contributed by atoms with Crippen LogP contribution in [-0.4, -0.2) is 11.5 Å². The van der Waals surface area contributed by atoms with Crippen molar-refractivity contribution in [2.45, 2.75) is 19.9 Å². The first-order valence-electron chi connectivity index (χ1n) is 5.81. The summed E-state index contributed by atoms with van der Waals surface area (Å²) in [5.41, 5.74) is 0.728. The van der Waals surface area contributed by atoms with Crippen molar-refractivity contribution < 1.29 is 4.39 Å². The lowest BCUT2D eigenvalue weighted by Gasteiger charge is -1.99. The van der Waals surface area contributed by atoms with Gasteiger partial charge in [0.2, 0.25) is 0 Å². The quantitative estimate of drug-likeness (QED) is 0.836. The van der Waals surface area contributed by atoms with Crippen LogP contribution in [0.5, 0.6) is 0 Å². The highest BCUT2D eigenvalue weighted by Gasteiger charge is 2.07. The van der Waals surface area contributed by atoms with Crippen molar-refractivity contribution >= 4 is 22.9 Å². The number of rotatable bonds is 5. The molecule has 2 nitrogen and oxygen atoms in total. The van der Waals surface area contributed by atoms with Gasteiger partial charge in [-0.15, -0.1) is 11.3 Å². The van der Waals surface area contributed by atoms with Gasteiger partial charge in [0.25, 0.3) is 0 Å². The Balaban J connectivity index is 2.13. The fourth-order valence-corrected chi connectivity index (χ4v) is 2.68. The molecule has 0 fully saturated rings. The van der Waals surface area contributed by atoms with E-state index in [0.717, 1.165) is 35.0 Å². The highest BCUT2D eigenvalue weighted by molar-refractivity contribution is 7.15. The van der Waals surface area contributed by atoms with Crippen molar-refractivity contribution in [1.29, 1.82) is 0 Å². The number of nitrogens with one attached hydrogen (secondary N) is 1. The molecule has 0 amide bonds. The number of nitrogens with zero attached hydrogens (tertiary/aromatic N) is 1. The maximum absolute atomic E-state index is 13.2. The topological polar surface area (TPSA) is 24.9 Å². The molecular weight excluding hydrogens is 271 g/mol. The molecule has 5 heteroatoms. The third kappa shape index (κ3) is 3.51. The smallest absolute Gasteiger partial charge is 0.125 e. The number of halogens is 2. The van der Waals surface area contributed by atoms with Crippen LogP contribution in [0, 0.1) is 5.82 Å². The fraction of sp³-hybridized carbons (Fsp3) is 0.308. The summed E-state index contributed by atoms with van der Waals surface area (Å²) in [5.74, 6) is -0.335. The highest BCUT2D eigenvalue weighted by Crippen LogP contribution is 2.28. The van der Waals surface area contributed by atoms with Crippen LogP contribution in [0.3, 0.4) is 0 Å². The van der Waals surface area contributed by atoms with Gasteiger partial charge in [-0.25, -0.2) is 9.37 Å².